The Labute approximate surface area is 221 Å². The quantitative estimate of drug-likeness (QED) is 0.368. The number of nitrogens with zero attached hydrogens (tertiary/aromatic N) is 5. The molecule has 0 saturated heterocycles. The van der Waals surface area contributed by atoms with Gasteiger partial charge in [-0.15, -0.1) is 0 Å². The van der Waals surface area contributed by atoms with Gasteiger partial charge in [0.15, 0.2) is 28.8 Å². The van der Waals surface area contributed by atoms with Gasteiger partial charge in [-0.25, -0.2) is 9.78 Å². The number of oxime groups is 1. The number of fused-ring (bicyclic) bond motifs is 1. The lowest BCUT2D eigenvalue weighted by atomic mass is 10.0. The maximum atomic E-state index is 13.3. The second-order valence-electron chi connectivity index (χ2n) is 8.59. The minimum absolute atomic E-state index is 0.242. The van der Waals surface area contributed by atoms with Gasteiger partial charge < -0.3 is 18.9 Å². The van der Waals surface area contributed by atoms with Crippen LogP contribution in [-0.2, 0) is 25.5 Å². The Morgan fingerprint density at radius 2 is 1.78 bits per heavy atom. The fraction of sp³-hybridized carbons (Fsp3) is 0.280. The molecule has 2 aromatic carbocycles. The molecular weight excluding hydrogens is 521 g/mol. The zero-order valence-corrected chi connectivity index (χ0v) is 22.0. The fourth-order valence-corrected chi connectivity index (χ4v) is 4.95. The molecule has 5 rings (SSSR count). The lowest BCUT2D eigenvalue weighted by Gasteiger charge is -2.14. The molecule has 12 heteroatoms. The summed E-state index contributed by atoms with van der Waals surface area (Å²) in [5, 5.41) is 5.24. The van der Waals surface area contributed by atoms with E-state index in [4.69, 9.17) is 42.5 Å². The molecule has 1 aliphatic heterocycles. The number of benzene rings is 2. The minimum Gasteiger partial charge on any atom is -0.493 e. The van der Waals surface area contributed by atoms with Crippen LogP contribution in [0.4, 0.5) is 0 Å². The number of ether oxygens (including phenoxy) is 2. The van der Waals surface area contributed by atoms with E-state index in [1.807, 2.05) is 6.07 Å². The van der Waals surface area contributed by atoms with Crippen molar-refractivity contribution in [2.24, 2.45) is 19.3 Å². The number of methoxy groups -OCH3 is 2. The summed E-state index contributed by atoms with van der Waals surface area (Å²) < 4.78 is 15.0. The number of rotatable bonds is 6. The highest BCUT2D eigenvalue weighted by molar-refractivity contribution is 6.37. The van der Waals surface area contributed by atoms with Crippen molar-refractivity contribution in [3.05, 3.63) is 72.8 Å². The van der Waals surface area contributed by atoms with Gasteiger partial charge in [0.1, 0.15) is 5.82 Å². The standard InChI is InChI=1S/C25H23Cl2N5O5/c1-30-23-21(24(33)31(2)25(30)34)32(22(28-23)13-5-8-19(35-3)20(9-13)36-4)12-15-11-18(29-37-15)16-7-6-14(26)10-17(16)27/h5-10,15H,11-12H2,1-4H3. The van der Waals surface area contributed by atoms with E-state index in [1.54, 1.807) is 49.1 Å². The van der Waals surface area contributed by atoms with E-state index in [9.17, 15) is 9.59 Å². The molecule has 0 saturated carbocycles. The van der Waals surface area contributed by atoms with Crippen LogP contribution in [0.1, 0.15) is 12.0 Å². The first-order chi connectivity index (χ1) is 17.7. The smallest absolute Gasteiger partial charge is 0.332 e. The third kappa shape index (κ3) is 4.25. The molecule has 0 aliphatic carbocycles. The molecule has 0 amide bonds. The van der Waals surface area contributed by atoms with Crippen LogP contribution >= 0.6 is 23.2 Å². The summed E-state index contributed by atoms with van der Waals surface area (Å²) in [7, 11) is 6.11. The van der Waals surface area contributed by atoms with E-state index >= 15 is 0 Å². The normalized spacial score (nSPS) is 15.1. The third-order valence-corrected chi connectivity index (χ3v) is 6.90. The average Bonchev–Trinajstić information content (AvgIpc) is 3.51. The summed E-state index contributed by atoms with van der Waals surface area (Å²) in [6.07, 6.45) is 0.0262. The van der Waals surface area contributed by atoms with Gasteiger partial charge in [-0.2, -0.15) is 0 Å². The first kappa shape index (κ1) is 24.9. The van der Waals surface area contributed by atoms with E-state index in [2.05, 4.69) is 5.16 Å². The summed E-state index contributed by atoms with van der Waals surface area (Å²) in [6.45, 7) is 0.242. The molecule has 0 bridgehead atoms. The third-order valence-electron chi connectivity index (χ3n) is 6.35. The predicted octanol–water partition coefficient (Wildman–Crippen LogP) is 3.62. The molecule has 37 heavy (non-hydrogen) atoms. The van der Waals surface area contributed by atoms with Crippen LogP contribution in [0.15, 0.2) is 51.1 Å². The number of halogens is 2. The molecule has 1 aliphatic rings. The molecule has 0 spiro atoms. The van der Waals surface area contributed by atoms with E-state index in [-0.39, 0.29) is 17.7 Å². The van der Waals surface area contributed by atoms with Gasteiger partial charge in [0.2, 0.25) is 0 Å². The molecule has 1 atom stereocenters. The molecule has 0 N–H and O–H groups in total. The van der Waals surface area contributed by atoms with E-state index in [0.717, 1.165) is 10.1 Å². The number of hydrogen-bond acceptors (Lipinski definition) is 7. The highest BCUT2D eigenvalue weighted by atomic mass is 35.5. The van der Waals surface area contributed by atoms with Crippen LogP contribution in [0.25, 0.3) is 22.6 Å². The second-order valence-corrected chi connectivity index (χ2v) is 9.43. The Morgan fingerprint density at radius 3 is 2.49 bits per heavy atom. The van der Waals surface area contributed by atoms with Crippen molar-refractivity contribution in [3.8, 4) is 22.9 Å². The van der Waals surface area contributed by atoms with Crippen LogP contribution in [0.5, 0.6) is 11.5 Å². The van der Waals surface area contributed by atoms with Crippen molar-refractivity contribution in [1.82, 2.24) is 18.7 Å². The molecular formula is C25H23Cl2N5O5. The van der Waals surface area contributed by atoms with Gasteiger partial charge in [-0.05, 0) is 30.3 Å². The average molecular weight is 544 g/mol. The Balaban J connectivity index is 1.61. The van der Waals surface area contributed by atoms with Crippen molar-refractivity contribution in [3.63, 3.8) is 0 Å². The zero-order valence-electron chi connectivity index (χ0n) is 20.5. The number of aromatic nitrogens is 4. The summed E-state index contributed by atoms with van der Waals surface area (Å²) in [5.74, 6) is 1.52. The number of hydrogen-bond donors (Lipinski definition) is 0. The number of aryl methyl sites for hydroxylation is 1. The second kappa shape index (κ2) is 9.60. The zero-order chi connectivity index (χ0) is 26.4. The minimum atomic E-state index is -0.471. The largest absolute Gasteiger partial charge is 0.493 e. The molecule has 0 fully saturated rings. The molecule has 10 nitrogen and oxygen atoms in total. The van der Waals surface area contributed by atoms with E-state index in [0.29, 0.717) is 45.1 Å². The summed E-state index contributed by atoms with van der Waals surface area (Å²) in [5.41, 5.74) is 1.67. The van der Waals surface area contributed by atoms with E-state index < -0.39 is 17.4 Å². The van der Waals surface area contributed by atoms with Crippen molar-refractivity contribution < 1.29 is 14.3 Å². The Bertz CT molecular complexity index is 1690. The SMILES string of the molecule is COc1ccc(-c2nc3c(c(=O)n(C)c(=O)n3C)n2CC2CC(c3ccc(Cl)cc3Cl)=NO2)cc1OC. The van der Waals surface area contributed by atoms with Crippen molar-refractivity contribution >= 4 is 40.1 Å². The maximum Gasteiger partial charge on any atom is 0.332 e. The first-order valence-corrected chi connectivity index (χ1v) is 12.1. The molecule has 3 heterocycles. The lowest BCUT2D eigenvalue weighted by Crippen LogP contribution is -2.37. The van der Waals surface area contributed by atoms with Gasteiger partial charge in [-0.3, -0.25) is 13.9 Å². The van der Waals surface area contributed by atoms with Crippen molar-refractivity contribution in [1.29, 1.82) is 0 Å². The molecule has 2 aromatic heterocycles. The summed E-state index contributed by atoms with van der Waals surface area (Å²) in [4.78, 5) is 36.3. The predicted molar refractivity (Wildman–Crippen MR) is 141 cm³/mol. The highest BCUT2D eigenvalue weighted by Crippen LogP contribution is 2.34. The maximum absolute atomic E-state index is 13.3. The van der Waals surface area contributed by atoms with Gasteiger partial charge >= 0.3 is 5.69 Å². The molecule has 192 valence electrons. The van der Waals surface area contributed by atoms with Crippen LogP contribution in [-0.4, -0.2) is 44.7 Å². The van der Waals surface area contributed by atoms with Crippen LogP contribution < -0.4 is 20.7 Å². The van der Waals surface area contributed by atoms with Gasteiger partial charge in [-0.1, -0.05) is 34.4 Å². The topological polar surface area (TPSA) is 102 Å². The summed E-state index contributed by atoms with van der Waals surface area (Å²) >= 11 is 12.4. The van der Waals surface area contributed by atoms with Crippen LogP contribution in [0.2, 0.25) is 10.0 Å². The first-order valence-electron chi connectivity index (χ1n) is 11.3. The molecule has 1 unspecified atom stereocenters. The highest BCUT2D eigenvalue weighted by Gasteiger charge is 2.28. The Morgan fingerprint density at radius 1 is 1.03 bits per heavy atom. The van der Waals surface area contributed by atoms with E-state index in [1.165, 1.54) is 18.7 Å². The Hall–Kier alpha value is -3.76. The van der Waals surface area contributed by atoms with Gasteiger partial charge in [0, 0.05) is 36.7 Å². The van der Waals surface area contributed by atoms with Crippen LogP contribution in [0.3, 0.4) is 0 Å². The molecule has 4 aromatic rings. The van der Waals surface area contributed by atoms with Crippen molar-refractivity contribution in [2.75, 3.05) is 14.2 Å². The fourth-order valence-electron chi connectivity index (χ4n) is 4.43. The lowest BCUT2D eigenvalue weighted by molar-refractivity contribution is 0.0736. The van der Waals surface area contributed by atoms with Crippen molar-refractivity contribution in [2.45, 2.75) is 19.1 Å². The summed E-state index contributed by atoms with van der Waals surface area (Å²) in [6, 6.07) is 10.5. The monoisotopic (exact) mass is 543 g/mol. The van der Waals surface area contributed by atoms with Crippen LogP contribution in [0, 0.1) is 0 Å². The van der Waals surface area contributed by atoms with Gasteiger partial charge in [0.05, 0.1) is 31.5 Å². The number of imidazole rings is 1. The Kier molecular flexibility index (Phi) is 6.47. The van der Waals surface area contributed by atoms with Gasteiger partial charge in [0.25, 0.3) is 5.56 Å². The molecule has 0 radical (unpaired) electrons.